The fourth-order valence-corrected chi connectivity index (χ4v) is 3.38. The summed E-state index contributed by atoms with van der Waals surface area (Å²) in [6.45, 7) is 4.00. The van der Waals surface area contributed by atoms with Gasteiger partial charge in [0.2, 0.25) is 0 Å². The maximum Gasteiger partial charge on any atom is 0.333 e. The van der Waals surface area contributed by atoms with Crippen molar-refractivity contribution >= 4 is 17.4 Å². The average molecular weight is 368 g/mol. The quantitative estimate of drug-likeness (QED) is 0.693. The summed E-state index contributed by atoms with van der Waals surface area (Å²) in [5.41, 5.74) is 2.69. The minimum Gasteiger partial charge on any atom is -0.467 e. The number of nitrogens with zero attached hydrogens (tertiary/aromatic N) is 2. The van der Waals surface area contributed by atoms with Gasteiger partial charge in [0.25, 0.3) is 0 Å². The highest BCUT2D eigenvalue weighted by Gasteiger charge is 2.47. The zero-order valence-electron chi connectivity index (χ0n) is 16.0. The standard InChI is InChI=1S/C22H25FN2O2/c1-4-5-6-16-7-13-19(14-8-16)25-22(2,21(26)27-3)15-20(24-25)17-9-11-18(23)12-10-17/h7-14H,4-6,15H2,1-3H3. The molecule has 1 aliphatic rings. The van der Waals surface area contributed by atoms with E-state index in [0.29, 0.717) is 6.42 Å². The van der Waals surface area contributed by atoms with Gasteiger partial charge >= 0.3 is 5.97 Å². The predicted octanol–water partition coefficient (Wildman–Crippen LogP) is 4.71. The van der Waals surface area contributed by atoms with Crippen LogP contribution in [0.2, 0.25) is 0 Å². The van der Waals surface area contributed by atoms with Crippen molar-refractivity contribution in [2.75, 3.05) is 12.1 Å². The number of benzene rings is 2. The number of anilines is 1. The molecule has 4 nitrogen and oxygen atoms in total. The van der Waals surface area contributed by atoms with Crippen LogP contribution in [-0.2, 0) is 16.0 Å². The first-order chi connectivity index (χ1) is 13.0. The monoisotopic (exact) mass is 368 g/mol. The van der Waals surface area contributed by atoms with E-state index in [1.54, 1.807) is 17.1 Å². The van der Waals surface area contributed by atoms with Crippen LogP contribution in [0.1, 0.15) is 44.2 Å². The maximum atomic E-state index is 13.3. The maximum absolute atomic E-state index is 13.3. The highest BCUT2D eigenvalue weighted by Crippen LogP contribution is 2.35. The molecule has 1 aliphatic heterocycles. The molecule has 5 heteroatoms. The number of esters is 1. The Morgan fingerprint density at radius 1 is 1.19 bits per heavy atom. The molecular weight excluding hydrogens is 343 g/mol. The molecule has 1 atom stereocenters. The van der Waals surface area contributed by atoms with Crippen LogP contribution in [0, 0.1) is 5.82 Å². The van der Waals surface area contributed by atoms with Crippen LogP contribution in [0.4, 0.5) is 10.1 Å². The summed E-state index contributed by atoms with van der Waals surface area (Å²) < 4.78 is 18.3. The second-order valence-electron chi connectivity index (χ2n) is 7.08. The van der Waals surface area contributed by atoms with E-state index in [4.69, 9.17) is 9.84 Å². The lowest BCUT2D eigenvalue weighted by Gasteiger charge is -2.31. The number of aryl methyl sites for hydroxylation is 1. The van der Waals surface area contributed by atoms with E-state index in [9.17, 15) is 9.18 Å². The van der Waals surface area contributed by atoms with Gasteiger partial charge < -0.3 is 4.74 Å². The van der Waals surface area contributed by atoms with E-state index in [1.807, 2.05) is 19.1 Å². The average Bonchev–Trinajstić information content (AvgIpc) is 3.05. The third-order valence-corrected chi connectivity index (χ3v) is 5.00. The van der Waals surface area contributed by atoms with Crippen LogP contribution in [0.15, 0.2) is 53.6 Å². The van der Waals surface area contributed by atoms with Gasteiger partial charge in [-0.1, -0.05) is 37.6 Å². The summed E-state index contributed by atoms with van der Waals surface area (Å²) >= 11 is 0. The van der Waals surface area contributed by atoms with Gasteiger partial charge in [-0.05, 0) is 55.2 Å². The van der Waals surface area contributed by atoms with Crippen molar-refractivity contribution in [2.24, 2.45) is 5.10 Å². The predicted molar refractivity (Wildman–Crippen MR) is 106 cm³/mol. The highest BCUT2D eigenvalue weighted by atomic mass is 19.1. The van der Waals surface area contributed by atoms with Gasteiger partial charge in [-0.15, -0.1) is 0 Å². The van der Waals surface area contributed by atoms with Crippen LogP contribution >= 0.6 is 0 Å². The van der Waals surface area contributed by atoms with Crippen LogP contribution in [0.5, 0.6) is 0 Å². The molecule has 0 spiro atoms. The molecule has 0 aromatic heterocycles. The number of hydrazone groups is 1. The molecule has 0 amide bonds. The Bertz CT molecular complexity index is 830. The van der Waals surface area contributed by atoms with Crippen molar-refractivity contribution in [1.29, 1.82) is 0 Å². The Kier molecular flexibility index (Phi) is 5.59. The summed E-state index contributed by atoms with van der Waals surface area (Å²) in [5, 5.41) is 6.42. The molecule has 0 radical (unpaired) electrons. The van der Waals surface area contributed by atoms with E-state index < -0.39 is 5.54 Å². The largest absolute Gasteiger partial charge is 0.467 e. The number of hydrogen-bond donors (Lipinski definition) is 0. The fraction of sp³-hybridized carbons (Fsp3) is 0.364. The minimum absolute atomic E-state index is 0.299. The van der Waals surface area contributed by atoms with Crippen molar-refractivity contribution < 1.29 is 13.9 Å². The molecule has 0 saturated carbocycles. The molecule has 1 heterocycles. The Morgan fingerprint density at radius 2 is 1.85 bits per heavy atom. The third kappa shape index (κ3) is 3.87. The van der Waals surface area contributed by atoms with Crippen molar-refractivity contribution in [3.8, 4) is 0 Å². The topological polar surface area (TPSA) is 41.9 Å². The van der Waals surface area contributed by atoms with Crippen molar-refractivity contribution in [3.63, 3.8) is 0 Å². The third-order valence-electron chi connectivity index (χ3n) is 5.00. The molecule has 1 unspecified atom stereocenters. The summed E-state index contributed by atoms with van der Waals surface area (Å²) in [4.78, 5) is 12.6. The van der Waals surface area contributed by atoms with Crippen molar-refractivity contribution in [3.05, 3.63) is 65.5 Å². The lowest BCUT2D eigenvalue weighted by Crippen LogP contribution is -2.48. The van der Waals surface area contributed by atoms with E-state index >= 15 is 0 Å². The number of halogens is 1. The number of carbonyl (C=O) groups is 1. The molecule has 27 heavy (non-hydrogen) atoms. The summed E-state index contributed by atoms with van der Waals surface area (Å²) in [7, 11) is 1.38. The van der Waals surface area contributed by atoms with Crippen LogP contribution in [0.25, 0.3) is 0 Å². The lowest BCUT2D eigenvalue weighted by atomic mass is 9.92. The van der Waals surface area contributed by atoms with Gasteiger partial charge in [-0.25, -0.2) is 14.2 Å². The Labute approximate surface area is 159 Å². The van der Waals surface area contributed by atoms with Gasteiger partial charge in [-0.2, -0.15) is 5.10 Å². The van der Waals surface area contributed by atoms with Gasteiger partial charge in [0, 0.05) is 6.42 Å². The Morgan fingerprint density at radius 3 is 2.44 bits per heavy atom. The molecule has 3 rings (SSSR count). The SMILES string of the molecule is CCCCc1ccc(N2N=C(c3ccc(F)cc3)CC2(C)C(=O)OC)cc1. The number of methoxy groups -OCH3 is 1. The summed E-state index contributed by atoms with van der Waals surface area (Å²) in [6, 6.07) is 14.3. The molecular formula is C22H25FN2O2. The van der Waals surface area contributed by atoms with Gasteiger partial charge in [0.1, 0.15) is 5.82 Å². The smallest absolute Gasteiger partial charge is 0.333 e. The minimum atomic E-state index is -0.941. The number of rotatable bonds is 6. The normalized spacial score (nSPS) is 19.1. The fourth-order valence-electron chi connectivity index (χ4n) is 3.38. The Hall–Kier alpha value is -2.69. The van der Waals surface area contributed by atoms with E-state index in [0.717, 1.165) is 36.2 Å². The molecule has 0 N–H and O–H groups in total. The number of hydrogen-bond acceptors (Lipinski definition) is 4. The molecule has 0 fully saturated rings. The second kappa shape index (κ2) is 7.91. The molecule has 142 valence electrons. The molecule has 0 bridgehead atoms. The molecule has 0 aliphatic carbocycles. The first kappa shape index (κ1) is 19.1. The molecule has 2 aromatic carbocycles. The molecule has 2 aromatic rings. The second-order valence-corrected chi connectivity index (χ2v) is 7.08. The summed E-state index contributed by atoms with van der Waals surface area (Å²) in [6.07, 6.45) is 3.73. The zero-order valence-corrected chi connectivity index (χ0v) is 16.0. The lowest BCUT2D eigenvalue weighted by molar-refractivity contribution is -0.146. The highest BCUT2D eigenvalue weighted by molar-refractivity contribution is 6.08. The van der Waals surface area contributed by atoms with Crippen LogP contribution < -0.4 is 5.01 Å². The van der Waals surface area contributed by atoms with Gasteiger partial charge in [-0.3, -0.25) is 0 Å². The van der Waals surface area contributed by atoms with Gasteiger partial charge in [0.05, 0.1) is 18.5 Å². The van der Waals surface area contributed by atoms with E-state index in [2.05, 4.69) is 19.1 Å². The first-order valence-electron chi connectivity index (χ1n) is 9.29. The van der Waals surface area contributed by atoms with Crippen molar-refractivity contribution in [1.82, 2.24) is 0 Å². The number of ether oxygens (including phenoxy) is 1. The van der Waals surface area contributed by atoms with Crippen LogP contribution in [0.3, 0.4) is 0 Å². The van der Waals surface area contributed by atoms with Gasteiger partial charge in [0.15, 0.2) is 5.54 Å². The number of carbonyl (C=O) groups excluding carboxylic acids is 1. The zero-order chi connectivity index (χ0) is 19.4. The van der Waals surface area contributed by atoms with Crippen LogP contribution in [-0.4, -0.2) is 24.3 Å². The first-order valence-corrected chi connectivity index (χ1v) is 9.29. The van der Waals surface area contributed by atoms with E-state index in [-0.39, 0.29) is 11.8 Å². The van der Waals surface area contributed by atoms with Crippen molar-refractivity contribution in [2.45, 2.75) is 45.1 Å². The number of unbranched alkanes of at least 4 members (excludes halogenated alkanes) is 1. The molecule has 0 saturated heterocycles. The van der Waals surface area contributed by atoms with E-state index in [1.165, 1.54) is 24.8 Å². The Balaban J connectivity index is 1.95. The summed E-state index contributed by atoms with van der Waals surface area (Å²) in [5.74, 6) is -0.647.